The minimum absolute atomic E-state index is 0.0311. The quantitative estimate of drug-likeness (QED) is 0.439. The lowest BCUT2D eigenvalue weighted by atomic mass is 10.0. The van der Waals surface area contributed by atoms with Crippen LogP contribution in [0.2, 0.25) is 0 Å². The van der Waals surface area contributed by atoms with Crippen molar-refractivity contribution in [1.29, 1.82) is 0 Å². The van der Waals surface area contributed by atoms with Crippen molar-refractivity contribution in [2.24, 2.45) is 0 Å². The molecule has 3 rings (SSSR count). The number of hydrogen-bond acceptors (Lipinski definition) is 3. The number of nitrogens with one attached hydrogen (secondary N) is 1. The van der Waals surface area contributed by atoms with Crippen LogP contribution in [0.15, 0.2) is 66.3 Å². The molecule has 29 heavy (non-hydrogen) atoms. The molecule has 1 aliphatic carbocycles. The van der Waals surface area contributed by atoms with E-state index in [0.717, 1.165) is 54.9 Å². The van der Waals surface area contributed by atoms with Crippen molar-refractivity contribution in [3.8, 4) is 0 Å². The first-order valence-corrected chi connectivity index (χ1v) is 10.5. The van der Waals surface area contributed by atoms with E-state index in [1.54, 1.807) is 0 Å². The van der Waals surface area contributed by atoms with Crippen LogP contribution >= 0.6 is 0 Å². The third-order valence-corrected chi connectivity index (χ3v) is 5.10. The number of allylic oxidation sites excluding steroid dienone is 2. The fraction of sp³-hybridized carbons (Fsp3) is 0.360. The summed E-state index contributed by atoms with van der Waals surface area (Å²) in [5, 5.41) is 5.05. The molecular formula is C25H29NO3. The fourth-order valence-corrected chi connectivity index (χ4v) is 3.48. The van der Waals surface area contributed by atoms with Gasteiger partial charge in [-0.25, -0.2) is 0 Å². The summed E-state index contributed by atoms with van der Waals surface area (Å²) in [4.78, 5) is 24.3. The SMILES string of the molecule is O=C(CCCCCCNC(=O)c1cccc2ccccc12)OCC1=CCCC=C1. The molecule has 0 saturated carbocycles. The van der Waals surface area contributed by atoms with Gasteiger partial charge >= 0.3 is 5.97 Å². The summed E-state index contributed by atoms with van der Waals surface area (Å²) in [6, 6.07) is 13.7. The van der Waals surface area contributed by atoms with Crippen LogP contribution in [0.1, 0.15) is 55.3 Å². The Morgan fingerprint density at radius 1 is 0.931 bits per heavy atom. The highest BCUT2D eigenvalue weighted by Gasteiger charge is 2.09. The molecule has 0 aromatic heterocycles. The lowest BCUT2D eigenvalue weighted by Crippen LogP contribution is -2.24. The van der Waals surface area contributed by atoms with Crippen LogP contribution in [-0.2, 0) is 9.53 Å². The molecule has 0 bridgehead atoms. The number of unbranched alkanes of at least 4 members (excludes halogenated alkanes) is 3. The van der Waals surface area contributed by atoms with Gasteiger partial charge < -0.3 is 10.1 Å². The lowest BCUT2D eigenvalue weighted by molar-refractivity contribution is -0.142. The van der Waals surface area contributed by atoms with Gasteiger partial charge in [-0.15, -0.1) is 0 Å². The van der Waals surface area contributed by atoms with Gasteiger partial charge in [-0.3, -0.25) is 9.59 Å². The van der Waals surface area contributed by atoms with Crippen LogP contribution in [0.4, 0.5) is 0 Å². The summed E-state index contributed by atoms with van der Waals surface area (Å²) in [6.07, 6.45) is 12.5. The van der Waals surface area contributed by atoms with E-state index in [1.165, 1.54) is 0 Å². The predicted octanol–water partition coefficient (Wildman–Crippen LogP) is 5.34. The van der Waals surface area contributed by atoms with Crippen LogP contribution in [-0.4, -0.2) is 25.0 Å². The Hall–Kier alpha value is -2.88. The first-order valence-electron chi connectivity index (χ1n) is 10.5. The first kappa shape index (κ1) is 20.8. The Kier molecular flexibility index (Phi) is 8.05. The number of ether oxygens (including phenoxy) is 1. The van der Waals surface area contributed by atoms with Crippen molar-refractivity contribution in [2.45, 2.75) is 44.9 Å². The van der Waals surface area contributed by atoms with Crippen LogP contribution in [0.25, 0.3) is 10.8 Å². The Morgan fingerprint density at radius 3 is 2.62 bits per heavy atom. The highest BCUT2D eigenvalue weighted by Crippen LogP contribution is 2.18. The maximum absolute atomic E-state index is 12.5. The van der Waals surface area contributed by atoms with Gasteiger partial charge in [0.1, 0.15) is 6.61 Å². The molecule has 1 amide bonds. The van der Waals surface area contributed by atoms with Gasteiger partial charge in [0.25, 0.3) is 5.91 Å². The number of esters is 1. The average Bonchev–Trinajstić information content (AvgIpc) is 2.77. The topological polar surface area (TPSA) is 55.4 Å². The zero-order chi connectivity index (χ0) is 20.3. The standard InChI is InChI=1S/C25H29NO3/c27-24(29-19-20-11-4-3-5-12-20)17-6-1-2-9-18-26-25(28)23-16-10-14-21-13-7-8-15-22(21)23/h4,7-8,10-16H,1-3,5-6,9,17-19H2,(H,26,28). The highest BCUT2D eigenvalue weighted by molar-refractivity contribution is 6.06. The van der Waals surface area contributed by atoms with E-state index in [9.17, 15) is 9.59 Å². The van der Waals surface area contributed by atoms with E-state index >= 15 is 0 Å². The van der Waals surface area contributed by atoms with Crippen molar-refractivity contribution in [1.82, 2.24) is 5.32 Å². The van der Waals surface area contributed by atoms with Crippen LogP contribution in [0.3, 0.4) is 0 Å². The number of benzene rings is 2. The number of carbonyl (C=O) groups excluding carboxylic acids is 2. The summed E-state index contributed by atoms with van der Waals surface area (Å²) in [5.74, 6) is -0.162. The molecule has 0 atom stereocenters. The monoisotopic (exact) mass is 391 g/mol. The van der Waals surface area contributed by atoms with Crippen LogP contribution in [0, 0.1) is 0 Å². The van der Waals surface area contributed by atoms with Gasteiger partial charge in [-0.1, -0.05) is 67.5 Å². The summed E-state index contributed by atoms with van der Waals surface area (Å²) in [5.41, 5.74) is 1.81. The van der Waals surface area contributed by atoms with Gasteiger partial charge in [0.15, 0.2) is 0 Å². The molecule has 0 aliphatic heterocycles. The molecule has 0 saturated heterocycles. The number of carbonyl (C=O) groups is 2. The van der Waals surface area contributed by atoms with Gasteiger partial charge in [0.05, 0.1) is 0 Å². The molecule has 2 aromatic rings. The summed E-state index contributed by atoms with van der Waals surface area (Å²) in [6.45, 7) is 1.03. The van der Waals surface area contributed by atoms with Crippen molar-refractivity contribution >= 4 is 22.6 Å². The van der Waals surface area contributed by atoms with E-state index in [0.29, 0.717) is 25.1 Å². The first-order chi connectivity index (χ1) is 14.2. The van der Waals surface area contributed by atoms with Crippen molar-refractivity contribution in [3.05, 3.63) is 71.8 Å². The van der Waals surface area contributed by atoms with Crippen LogP contribution in [0.5, 0.6) is 0 Å². The predicted molar refractivity (Wildman–Crippen MR) is 117 cm³/mol. The molecule has 1 aliphatic rings. The minimum Gasteiger partial charge on any atom is -0.461 e. The zero-order valence-electron chi connectivity index (χ0n) is 16.9. The lowest BCUT2D eigenvalue weighted by Gasteiger charge is -2.09. The van der Waals surface area contributed by atoms with E-state index in [4.69, 9.17) is 4.74 Å². The van der Waals surface area contributed by atoms with Gasteiger partial charge in [0.2, 0.25) is 0 Å². The molecule has 0 fully saturated rings. The zero-order valence-corrected chi connectivity index (χ0v) is 16.9. The summed E-state index contributed by atoms with van der Waals surface area (Å²) < 4.78 is 5.31. The molecular weight excluding hydrogens is 362 g/mol. The number of amides is 1. The number of fused-ring (bicyclic) bond motifs is 1. The molecule has 1 N–H and O–H groups in total. The number of hydrogen-bond donors (Lipinski definition) is 1. The Labute approximate surface area is 172 Å². The molecule has 2 aromatic carbocycles. The fourth-order valence-electron chi connectivity index (χ4n) is 3.48. The number of rotatable bonds is 10. The normalized spacial score (nSPS) is 13.2. The van der Waals surface area contributed by atoms with E-state index < -0.39 is 0 Å². The van der Waals surface area contributed by atoms with Crippen molar-refractivity contribution < 1.29 is 14.3 Å². The second-order valence-electron chi connectivity index (χ2n) is 7.37. The van der Waals surface area contributed by atoms with E-state index in [1.807, 2.05) is 48.5 Å². The van der Waals surface area contributed by atoms with Crippen LogP contribution < -0.4 is 5.32 Å². The second kappa shape index (κ2) is 11.2. The van der Waals surface area contributed by atoms with Gasteiger partial charge in [-0.05, 0) is 48.1 Å². The van der Waals surface area contributed by atoms with Crippen molar-refractivity contribution in [3.63, 3.8) is 0 Å². The van der Waals surface area contributed by atoms with Gasteiger partial charge in [0, 0.05) is 18.5 Å². The molecule has 0 unspecified atom stereocenters. The maximum atomic E-state index is 12.5. The Bertz CT molecular complexity index is 893. The van der Waals surface area contributed by atoms with Crippen molar-refractivity contribution in [2.75, 3.05) is 13.2 Å². The molecule has 4 nitrogen and oxygen atoms in total. The second-order valence-corrected chi connectivity index (χ2v) is 7.37. The smallest absolute Gasteiger partial charge is 0.306 e. The molecule has 0 radical (unpaired) electrons. The van der Waals surface area contributed by atoms with Gasteiger partial charge in [-0.2, -0.15) is 0 Å². The Morgan fingerprint density at radius 2 is 1.76 bits per heavy atom. The molecule has 0 heterocycles. The largest absolute Gasteiger partial charge is 0.461 e. The third-order valence-electron chi connectivity index (χ3n) is 5.10. The molecule has 4 heteroatoms. The average molecular weight is 392 g/mol. The maximum Gasteiger partial charge on any atom is 0.306 e. The Balaban J connectivity index is 1.27. The summed E-state index contributed by atoms with van der Waals surface area (Å²) >= 11 is 0. The molecule has 0 spiro atoms. The summed E-state index contributed by atoms with van der Waals surface area (Å²) in [7, 11) is 0. The van der Waals surface area contributed by atoms with E-state index in [2.05, 4.69) is 17.5 Å². The molecule has 152 valence electrons. The highest BCUT2D eigenvalue weighted by atomic mass is 16.5. The van der Waals surface area contributed by atoms with E-state index in [-0.39, 0.29) is 11.9 Å². The third kappa shape index (κ3) is 6.60. The minimum atomic E-state index is -0.130.